The normalized spacial score (nSPS) is 10.6. The molecular formula is C11H16N2O4. The first kappa shape index (κ1) is 13.2. The lowest BCUT2D eigenvalue weighted by Crippen LogP contribution is -2.38. The summed E-state index contributed by atoms with van der Waals surface area (Å²) in [7, 11) is 0. The van der Waals surface area contributed by atoms with Crippen LogP contribution in [0.3, 0.4) is 0 Å². The molecule has 0 fully saturated rings. The van der Waals surface area contributed by atoms with Crippen molar-refractivity contribution in [3.63, 3.8) is 0 Å². The van der Waals surface area contributed by atoms with Crippen LogP contribution in [0, 0.1) is 6.92 Å². The van der Waals surface area contributed by atoms with Crippen molar-refractivity contribution in [2.75, 3.05) is 6.54 Å². The van der Waals surface area contributed by atoms with E-state index >= 15 is 0 Å². The molecule has 1 amide bonds. The van der Waals surface area contributed by atoms with Gasteiger partial charge in [-0.05, 0) is 20.8 Å². The molecule has 0 aliphatic carbocycles. The maximum Gasteiger partial charge on any atom is 0.305 e. The van der Waals surface area contributed by atoms with Crippen molar-refractivity contribution in [1.29, 1.82) is 0 Å². The first-order chi connectivity index (χ1) is 7.93. The Bertz CT molecular complexity index is 411. The Morgan fingerprint density at radius 1 is 1.53 bits per heavy atom. The van der Waals surface area contributed by atoms with Crippen LogP contribution in [0.5, 0.6) is 0 Å². The van der Waals surface area contributed by atoms with Crippen molar-refractivity contribution in [3.8, 4) is 0 Å². The Hall–Kier alpha value is -1.85. The summed E-state index contributed by atoms with van der Waals surface area (Å²) in [6.45, 7) is 5.53. The molecule has 6 heteroatoms. The van der Waals surface area contributed by atoms with Crippen molar-refractivity contribution >= 4 is 11.9 Å². The number of nitrogens with zero attached hydrogens (tertiary/aromatic N) is 2. The molecule has 0 saturated heterocycles. The smallest absolute Gasteiger partial charge is 0.305 e. The first-order valence-corrected chi connectivity index (χ1v) is 5.37. The van der Waals surface area contributed by atoms with Crippen molar-refractivity contribution in [1.82, 2.24) is 10.1 Å². The fraction of sp³-hybridized carbons (Fsp3) is 0.545. The van der Waals surface area contributed by atoms with Crippen molar-refractivity contribution in [3.05, 3.63) is 17.5 Å². The SMILES string of the molecule is Cc1cnoc1C(=O)N(CCC(=O)O)C(C)C. The van der Waals surface area contributed by atoms with Crippen LogP contribution in [-0.2, 0) is 4.79 Å². The molecule has 94 valence electrons. The van der Waals surface area contributed by atoms with E-state index in [1.165, 1.54) is 11.1 Å². The predicted octanol–water partition coefficient (Wildman–Crippen LogP) is 1.31. The van der Waals surface area contributed by atoms with E-state index in [9.17, 15) is 9.59 Å². The number of rotatable bonds is 5. The highest BCUT2D eigenvalue weighted by Gasteiger charge is 2.24. The van der Waals surface area contributed by atoms with Gasteiger partial charge in [0.15, 0.2) is 0 Å². The summed E-state index contributed by atoms with van der Waals surface area (Å²) < 4.78 is 4.88. The molecule has 0 aromatic carbocycles. The van der Waals surface area contributed by atoms with Crippen molar-refractivity contribution in [2.24, 2.45) is 0 Å². The van der Waals surface area contributed by atoms with Crippen molar-refractivity contribution < 1.29 is 19.2 Å². The number of carboxylic acids is 1. The van der Waals surface area contributed by atoms with E-state index < -0.39 is 5.97 Å². The van der Waals surface area contributed by atoms with Gasteiger partial charge >= 0.3 is 5.97 Å². The van der Waals surface area contributed by atoms with E-state index in [1.807, 2.05) is 13.8 Å². The largest absolute Gasteiger partial charge is 0.481 e. The summed E-state index contributed by atoms with van der Waals surface area (Å²) >= 11 is 0. The average Bonchev–Trinajstić information content (AvgIpc) is 2.63. The molecule has 0 bridgehead atoms. The minimum atomic E-state index is -0.933. The van der Waals surface area contributed by atoms with E-state index in [0.717, 1.165) is 0 Å². The van der Waals surface area contributed by atoms with Gasteiger partial charge in [0, 0.05) is 18.2 Å². The molecule has 0 aliphatic heterocycles. The number of aromatic nitrogens is 1. The summed E-state index contributed by atoms with van der Waals surface area (Å²) in [5.74, 6) is -1.09. The lowest BCUT2D eigenvalue weighted by Gasteiger charge is -2.25. The summed E-state index contributed by atoms with van der Waals surface area (Å²) in [6.07, 6.45) is 1.38. The van der Waals surface area contributed by atoms with Gasteiger partial charge in [0.05, 0.1) is 12.6 Å². The number of carboxylic acid groups (broad SMARTS) is 1. The second-order valence-electron chi connectivity index (χ2n) is 4.07. The predicted molar refractivity (Wildman–Crippen MR) is 59.7 cm³/mol. The zero-order valence-electron chi connectivity index (χ0n) is 10.1. The summed E-state index contributed by atoms with van der Waals surface area (Å²) in [5, 5.41) is 12.2. The number of carbonyl (C=O) groups excluding carboxylic acids is 1. The molecular weight excluding hydrogens is 224 g/mol. The Morgan fingerprint density at radius 2 is 2.18 bits per heavy atom. The van der Waals surface area contributed by atoms with Gasteiger partial charge in [-0.15, -0.1) is 0 Å². The maximum absolute atomic E-state index is 12.1. The number of aryl methyl sites for hydroxylation is 1. The Kier molecular flexibility index (Phi) is 4.25. The molecule has 1 heterocycles. The molecule has 1 N–H and O–H groups in total. The monoisotopic (exact) mass is 240 g/mol. The molecule has 0 radical (unpaired) electrons. The molecule has 0 atom stereocenters. The maximum atomic E-state index is 12.1. The third-order valence-corrected chi connectivity index (χ3v) is 2.39. The highest BCUT2D eigenvalue weighted by Crippen LogP contribution is 2.12. The summed E-state index contributed by atoms with van der Waals surface area (Å²) in [6, 6.07) is -0.0913. The highest BCUT2D eigenvalue weighted by molar-refractivity contribution is 5.93. The Balaban J connectivity index is 2.81. The number of hydrogen-bond acceptors (Lipinski definition) is 4. The average molecular weight is 240 g/mol. The third kappa shape index (κ3) is 3.30. The lowest BCUT2D eigenvalue weighted by atomic mass is 10.2. The fourth-order valence-electron chi connectivity index (χ4n) is 1.44. The summed E-state index contributed by atoms with van der Waals surface area (Å²) in [4.78, 5) is 24.1. The Labute approximate surface area is 99.2 Å². The first-order valence-electron chi connectivity index (χ1n) is 5.37. The van der Waals surface area contributed by atoms with Gasteiger partial charge in [0.1, 0.15) is 0 Å². The van der Waals surface area contributed by atoms with Crippen LogP contribution in [0.2, 0.25) is 0 Å². The molecule has 0 unspecified atom stereocenters. The number of carbonyl (C=O) groups is 2. The van der Waals surface area contributed by atoms with Gasteiger partial charge in [-0.1, -0.05) is 5.16 Å². The molecule has 1 aromatic heterocycles. The van der Waals surface area contributed by atoms with E-state index in [-0.39, 0.29) is 30.7 Å². The molecule has 6 nitrogen and oxygen atoms in total. The number of aliphatic carboxylic acids is 1. The molecule has 1 rings (SSSR count). The van der Waals surface area contributed by atoms with Crippen LogP contribution in [0.15, 0.2) is 10.7 Å². The number of amides is 1. The van der Waals surface area contributed by atoms with Gasteiger partial charge in [-0.2, -0.15) is 0 Å². The topological polar surface area (TPSA) is 83.6 Å². The van der Waals surface area contributed by atoms with Gasteiger partial charge in [-0.25, -0.2) is 0 Å². The number of hydrogen-bond donors (Lipinski definition) is 1. The van der Waals surface area contributed by atoms with Crippen LogP contribution in [0.1, 0.15) is 36.4 Å². The highest BCUT2D eigenvalue weighted by atomic mass is 16.5. The van der Waals surface area contributed by atoms with Crippen LogP contribution in [-0.4, -0.2) is 39.6 Å². The summed E-state index contributed by atoms with van der Waals surface area (Å²) in [5.41, 5.74) is 0.649. The molecule has 0 spiro atoms. The van der Waals surface area contributed by atoms with E-state index in [0.29, 0.717) is 5.56 Å². The minimum Gasteiger partial charge on any atom is -0.481 e. The van der Waals surface area contributed by atoms with Crippen LogP contribution in [0.25, 0.3) is 0 Å². The van der Waals surface area contributed by atoms with Gasteiger partial charge in [-0.3, -0.25) is 9.59 Å². The standard InChI is InChI=1S/C11H16N2O4/c1-7(2)13(5-4-9(14)15)11(16)10-8(3)6-12-17-10/h6-7H,4-5H2,1-3H3,(H,14,15). The van der Waals surface area contributed by atoms with E-state index in [4.69, 9.17) is 9.63 Å². The third-order valence-electron chi connectivity index (χ3n) is 2.39. The molecule has 0 aliphatic rings. The van der Waals surface area contributed by atoms with Crippen LogP contribution >= 0.6 is 0 Å². The molecule has 17 heavy (non-hydrogen) atoms. The Morgan fingerprint density at radius 3 is 2.59 bits per heavy atom. The second-order valence-corrected chi connectivity index (χ2v) is 4.07. The van der Waals surface area contributed by atoms with E-state index in [2.05, 4.69) is 5.16 Å². The van der Waals surface area contributed by atoms with Gasteiger partial charge in [0.2, 0.25) is 5.76 Å². The van der Waals surface area contributed by atoms with Crippen LogP contribution in [0.4, 0.5) is 0 Å². The van der Waals surface area contributed by atoms with E-state index in [1.54, 1.807) is 6.92 Å². The van der Waals surface area contributed by atoms with Crippen LogP contribution < -0.4 is 0 Å². The van der Waals surface area contributed by atoms with Gasteiger partial charge < -0.3 is 14.5 Å². The minimum absolute atomic E-state index is 0.0862. The molecule has 0 saturated carbocycles. The lowest BCUT2D eigenvalue weighted by molar-refractivity contribution is -0.137. The fourth-order valence-corrected chi connectivity index (χ4v) is 1.44. The quantitative estimate of drug-likeness (QED) is 0.838. The van der Waals surface area contributed by atoms with Gasteiger partial charge in [0.25, 0.3) is 5.91 Å². The molecule has 1 aromatic rings. The second kappa shape index (κ2) is 5.47. The van der Waals surface area contributed by atoms with Crippen molar-refractivity contribution in [2.45, 2.75) is 33.2 Å². The zero-order chi connectivity index (χ0) is 13.0. The zero-order valence-corrected chi connectivity index (χ0v) is 10.1.